The van der Waals surface area contributed by atoms with Crippen molar-refractivity contribution < 1.29 is 27.1 Å². The Morgan fingerprint density at radius 3 is 2.43 bits per heavy atom. The van der Waals surface area contributed by atoms with Gasteiger partial charge in [-0.2, -0.15) is 0 Å². The molecule has 1 amide bonds. The van der Waals surface area contributed by atoms with Crippen molar-refractivity contribution in [3.8, 4) is 0 Å². The Labute approximate surface area is 160 Å². The van der Waals surface area contributed by atoms with E-state index >= 15 is 0 Å². The lowest BCUT2D eigenvalue weighted by Crippen LogP contribution is -2.23. The van der Waals surface area contributed by atoms with Gasteiger partial charge < -0.3 is 10.1 Å². The summed E-state index contributed by atoms with van der Waals surface area (Å²) in [5, 5.41) is 3.98. The van der Waals surface area contributed by atoms with Gasteiger partial charge in [0.2, 0.25) is 5.91 Å². The van der Waals surface area contributed by atoms with Crippen molar-refractivity contribution in [2.45, 2.75) is 4.90 Å². The summed E-state index contributed by atoms with van der Waals surface area (Å²) >= 11 is 0. The molecule has 0 atom stereocenters. The lowest BCUT2D eigenvalue weighted by atomic mass is 10.1. The van der Waals surface area contributed by atoms with E-state index in [-0.39, 0.29) is 16.1 Å². The van der Waals surface area contributed by atoms with Crippen LogP contribution in [0.1, 0.15) is 10.4 Å². The minimum Gasteiger partial charge on any atom is -0.465 e. The first-order valence-electron chi connectivity index (χ1n) is 8.19. The predicted octanol–water partition coefficient (Wildman–Crippen LogP) is 3.18. The molecule has 0 unspecified atom stereocenters. The van der Waals surface area contributed by atoms with Gasteiger partial charge in [0.1, 0.15) is 11.6 Å². The molecule has 144 valence electrons. The van der Waals surface area contributed by atoms with Gasteiger partial charge in [-0.1, -0.05) is 30.3 Å². The van der Waals surface area contributed by atoms with Crippen LogP contribution < -0.4 is 5.32 Å². The molecule has 0 saturated carbocycles. The number of sulfone groups is 1. The first-order chi connectivity index (χ1) is 13.3. The number of halogens is 1. The normalized spacial score (nSPS) is 11.2. The van der Waals surface area contributed by atoms with Gasteiger partial charge in [-0.15, -0.1) is 0 Å². The Morgan fingerprint density at radius 1 is 1.00 bits per heavy atom. The minimum absolute atomic E-state index is 0.0238. The van der Waals surface area contributed by atoms with Crippen molar-refractivity contribution in [2.75, 3.05) is 18.2 Å². The molecule has 6 nitrogen and oxygen atoms in total. The van der Waals surface area contributed by atoms with Gasteiger partial charge in [-0.05, 0) is 41.1 Å². The molecule has 3 aromatic rings. The molecule has 0 fully saturated rings. The highest BCUT2D eigenvalue weighted by Crippen LogP contribution is 2.21. The van der Waals surface area contributed by atoms with Crippen LogP contribution in [0, 0.1) is 5.82 Å². The number of hydrogen-bond donors (Lipinski definition) is 1. The van der Waals surface area contributed by atoms with Crippen molar-refractivity contribution in [3.05, 3.63) is 72.0 Å². The maximum Gasteiger partial charge on any atom is 0.340 e. The fourth-order valence-corrected chi connectivity index (χ4v) is 3.85. The zero-order valence-electron chi connectivity index (χ0n) is 14.8. The van der Waals surface area contributed by atoms with Crippen LogP contribution in [-0.2, 0) is 19.4 Å². The number of methoxy groups -OCH3 is 1. The quantitative estimate of drug-likeness (QED) is 0.664. The summed E-state index contributed by atoms with van der Waals surface area (Å²) in [5.74, 6) is -3.32. The highest BCUT2D eigenvalue weighted by molar-refractivity contribution is 7.92. The molecule has 0 heterocycles. The summed E-state index contributed by atoms with van der Waals surface area (Å²) in [6, 6.07) is 15.2. The van der Waals surface area contributed by atoms with Crippen LogP contribution >= 0.6 is 0 Å². The molecule has 0 aliphatic heterocycles. The molecule has 0 bridgehead atoms. The summed E-state index contributed by atoms with van der Waals surface area (Å²) < 4.78 is 43.2. The van der Waals surface area contributed by atoms with E-state index in [0.29, 0.717) is 0 Å². The van der Waals surface area contributed by atoms with Crippen LogP contribution in [0.2, 0.25) is 0 Å². The molecule has 0 radical (unpaired) electrons. The SMILES string of the molecule is COC(=O)c1cc(NC(=O)CS(=O)(=O)c2ccc3ccccc3c2)ccc1F. The van der Waals surface area contributed by atoms with E-state index in [1.807, 2.05) is 12.1 Å². The number of fused-ring (bicyclic) bond motifs is 1. The number of carbonyl (C=O) groups excluding carboxylic acids is 2. The second-order valence-electron chi connectivity index (χ2n) is 6.00. The molecule has 28 heavy (non-hydrogen) atoms. The van der Waals surface area contributed by atoms with Gasteiger partial charge in [0.25, 0.3) is 0 Å². The van der Waals surface area contributed by atoms with Crippen LogP contribution in [0.3, 0.4) is 0 Å². The molecule has 0 aliphatic rings. The average Bonchev–Trinajstić information content (AvgIpc) is 2.68. The van der Waals surface area contributed by atoms with E-state index in [4.69, 9.17) is 0 Å². The summed E-state index contributed by atoms with van der Waals surface area (Å²) in [6.07, 6.45) is 0. The van der Waals surface area contributed by atoms with Gasteiger partial charge in [0, 0.05) is 5.69 Å². The number of hydrogen-bond acceptors (Lipinski definition) is 5. The molecule has 0 saturated heterocycles. The number of amides is 1. The van der Waals surface area contributed by atoms with E-state index in [1.165, 1.54) is 18.2 Å². The smallest absolute Gasteiger partial charge is 0.340 e. The van der Waals surface area contributed by atoms with Crippen molar-refractivity contribution in [3.63, 3.8) is 0 Å². The molecule has 0 spiro atoms. The lowest BCUT2D eigenvalue weighted by molar-refractivity contribution is -0.113. The van der Waals surface area contributed by atoms with E-state index < -0.39 is 33.3 Å². The predicted molar refractivity (Wildman–Crippen MR) is 102 cm³/mol. The molecule has 1 N–H and O–H groups in total. The van der Waals surface area contributed by atoms with Crippen molar-refractivity contribution in [1.82, 2.24) is 0 Å². The Morgan fingerprint density at radius 2 is 1.71 bits per heavy atom. The largest absolute Gasteiger partial charge is 0.465 e. The molecule has 3 aromatic carbocycles. The zero-order chi connectivity index (χ0) is 20.3. The molecular weight excluding hydrogens is 385 g/mol. The maximum absolute atomic E-state index is 13.7. The molecule has 8 heteroatoms. The number of rotatable bonds is 5. The van der Waals surface area contributed by atoms with Crippen LogP contribution in [0.25, 0.3) is 10.8 Å². The third-order valence-corrected chi connectivity index (χ3v) is 5.67. The zero-order valence-corrected chi connectivity index (χ0v) is 15.6. The summed E-state index contributed by atoms with van der Waals surface area (Å²) in [6.45, 7) is 0. The van der Waals surface area contributed by atoms with Crippen molar-refractivity contribution in [2.24, 2.45) is 0 Å². The fraction of sp³-hybridized carbons (Fsp3) is 0.100. The standard InChI is InChI=1S/C20H16FNO5S/c1-27-20(24)17-11-15(7-9-18(17)21)22-19(23)12-28(25,26)16-8-6-13-4-2-3-5-14(13)10-16/h2-11H,12H2,1H3,(H,22,23). The van der Waals surface area contributed by atoms with E-state index in [2.05, 4.69) is 10.1 Å². The number of benzene rings is 3. The highest BCUT2D eigenvalue weighted by Gasteiger charge is 2.21. The van der Waals surface area contributed by atoms with Gasteiger partial charge >= 0.3 is 5.97 Å². The number of carbonyl (C=O) groups is 2. The topological polar surface area (TPSA) is 89.5 Å². The lowest BCUT2D eigenvalue weighted by Gasteiger charge is -2.09. The van der Waals surface area contributed by atoms with E-state index in [9.17, 15) is 22.4 Å². The van der Waals surface area contributed by atoms with Crippen molar-refractivity contribution >= 4 is 38.2 Å². The third kappa shape index (κ3) is 4.17. The second kappa shape index (κ2) is 7.77. The van der Waals surface area contributed by atoms with Gasteiger partial charge in [0.15, 0.2) is 9.84 Å². The summed E-state index contributed by atoms with van der Waals surface area (Å²) in [4.78, 5) is 23.7. The van der Waals surface area contributed by atoms with Gasteiger partial charge in [0.05, 0.1) is 17.6 Å². The van der Waals surface area contributed by atoms with Crippen LogP contribution in [0.15, 0.2) is 65.6 Å². The van der Waals surface area contributed by atoms with Crippen LogP contribution in [0.4, 0.5) is 10.1 Å². The number of esters is 1. The Balaban J connectivity index is 1.79. The Bertz CT molecular complexity index is 1170. The highest BCUT2D eigenvalue weighted by atomic mass is 32.2. The summed E-state index contributed by atoms with van der Waals surface area (Å²) in [5.41, 5.74) is -0.279. The first-order valence-corrected chi connectivity index (χ1v) is 9.84. The number of ether oxygens (including phenoxy) is 1. The molecule has 0 aromatic heterocycles. The molecular formula is C20H16FNO5S. The van der Waals surface area contributed by atoms with Crippen LogP contribution in [0.5, 0.6) is 0 Å². The maximum atomic E-state index is 13.7. The second-order valence-corrected chi connectivity index (χ2v) is 7.99. The minimum atomic E-state index is -3.89. The van der Waals surface area contributed by atoms with Gasteiger partial charge in [-0.25, -0.2) is 17.6 Å². The Hall–Kier alpha value is -3.26. The average molecular weight is 401 g/mol. The number of anilines is 1. The molecule has 0 aliphatic carbocycles. The Kier molecular flexibility index (Phi) is 5.41. The fourth-order valence-electron chi connectivity index (χ4n) is 2.68. The number of nitrogens with one attached hydrogen (secondary N) is 1. The van der Waals surface area contributed by atoms with Crippen molar-refractivity contribution in [1.29, 1.82) is 0 Å². The monoisotopic (exact) mass is 401 g/mol. The molecule has 3 rings (SSSR count). The third-order valence-electron chi connectivity index (χ3n) is 4.06. The summed E-state index contributed by atoms with van der Waals surface area (Å²) in [7, 11) is -2.79. The first kappa shape index (κ1) is 19.5. The van der Waals surface area contributed by atoms with Gasteiger partial charge in [-0.3, -0.25) is 4.79 Å². The van der Waals surface area contributed by atoms with Crippen LogP contribution in [-0.4, -0.2) is 33.2 Å². The van der Waals surface area contributed by atoms with E-state index in [0.717, 1.165) is 30.0 Å². The van der Waals surface area contributed by atoms with E-state index in [1.54, 1.807) is 18.2 Å².